The molecule has 1 saturated heterocycles. The van der Waals surface area contributed by atoms with Crippen LogP contribution in [0.3, 0.4) is 0 Å². The topological polar surface area (TPSA) is 106 Å². The highest BCUT2D eigenvalue weighted by atomic mass is 16.6. The number of carbonyl (C=O) groups is 2. The average Bonchev–Trinajstić information content (AvgIpc) is 2.82. The smallest absolute Gasteiger partial charge is 0.401 e. The number of furan rings is 1. The average molecular weight is 237 g/mol. The van der Waals surface area contributed by atoms with Crippen molar-refractivity contribution >= 4 is 23.9 Å². The summed E-state index contributed by atoms with van der Waals surface area (Å²) in [6.07, 6.45) is 1.23. The normalized spacial score (nSPS) is 17.7. The van der Waals surface area contributed by atoms with Crippen LogP contribution in [0.2, 0.25) is 0 Å². The molecule has 2 rings (SSSR count). The first-order valence-electron chi connectivity index (χ1n) is 4.54. The zero-order valence-electron chi connectivity index (χ0n) is 8.67. The van der Waals surface area contributed by atoms with Crippen molar-refractivity contribution in [3.63, 3.8) is 0 Å². The number of imide groups is 1. The molecule has 0 saturated carbocycles. The lowest BCUT2D eigenvalue weighted by molar-refractivity contribution is -0.402. The van der Waals surface area contributed by atoms with E-state index < -0.39 is 22.7 Å². The third-order valence-corrected chi connectivity index (χ3v) is 2.16. The van der Waals surface area contributed by atoms with E-state index in [1.807, 2.05) is 0 Å². The summed E-state index contributed by atoms with van der Waals surface area (Å²) < 4.78 is 4.83. The van der Waals surface area contributed by atoms with Gasteiger partial charge in [0, 0.05) is 13.1 Å². The van der Waals surface area contributed by atoms with Crippen LogP contribution in [0.15, 0.2) is 22.2 Å². The first-order valence-corrected chi connectivity index (χ1v) is 4.54. The van der Waals surface area contributed by atoms with E-state index >= 15 is 0 Å². The zero-order valence-corrected chi connectivity index (χ0v) is 8.67. The van der Waals surface area contributed by atoms with Crippen molar-refractivity contribution in [2.45, 2.75) is 0 Å². The van der Waals surface area contributed by atoms with Gasteiger partial charge in [0.15, 0.2) is 0 Å². The highest BCUT2D eigenvalue weighted by Gasteiger charge is 2.30. The molecule has 2 heterocycles. The fourth-order valence-corrected chi connectivity index (χ4v) is 1.28. The van der Waals surface area contributed by atoms with Gasteiger partial charge in [-0.1, -0.05) is 0 Å². The second kappa shape index (κ2) is 3.74. The van der Waals surface area contributed by atoms with Gasteiger partial charge < -0.3 is 9.73 Å². The van der Waals surface area contributed by atoms with Gasteiger partial charge in [-0.15, -0.1) is 0 Å². The van der Waals surface area contributed by atoms with Gasteiger partial charge in [-0.25, -0.2) is 4.79 Å². The van der Waals surface area contributed by atoms with Crippen LogP contribution in [0.4, 0.5) is 10.7 Å². The summed E-state index contributed by atoms with van der Waals surface area (Å²) in [5.74, 6) is -0.827. The van der Waals surface area contributed by atoms with Crippen molar-refractivity contribution in [2.75, 3.05) is 7.05 Å². The molecule has 1 aromatic heterocycles. The number of nitrogens with one attached hydrogen (secondary N) is 1. The summed E-state index contributed by atoms with van der Waals surface area (Å²) in [6, 6.07) is 1.95. The summed E-state index contributed by atoms with van der Waals surface area (Å²) >= 11 is 0. The van der Waals surface area contributed by atoms with E-state index in [4.69, 9.17) is 4.42 Å². The summed E-state index contributed by atoms with van der Waals surface area (Å²) in [7, 11) is 1.32. The summed E-state index contributed by atoms with van der Waals surface area (Å²) in [6.45, 7) is 0. The molecule has 1 N–H and O–H groups in total. The molecular formula is C9H7N3O5. The van der Waals surface area contributed by atoms with Gasteiger partial charge in [0.2, 0.25) is 0 Å². The molecule has 0 spiro atoms. The molecule has 1 aliphatic heterocycles. The Hall–Kier alpha value is -2.64. The molecule has 0 radical (unpaired) electrons. The van der Waals surface area contributed by atoms with Crippen LogP contribution in [-0.4, -0.2) is 28.8 Å². The number of urea groups is 1. The maximum Gasteiger partial charge on any atom is 0.433 e. The van der Waals surface area contributed by atoms with Crippen molar-refractivity contribution in [1.29, 1.82) is 0 Å². The van der Waals surface area contributed by atoms with Gasteiger partial charge in [-0.05, 0) is 6.07 Å². The summed E-state index contributed by atoms with van der Waals surface area (Å²) in [4.78, 5) is 33.1. The highest BCUT2D eigenvalue weighted by molar-refractivity contribution is 6.13. The lowest BCUT2D eigenvalue weighted by Crippen LogP contribution is -2.25. The molecule has 1 aromatic rings. The van der Waals surface area contributed by atoms with Crippen LogP contribution in [-0.2, 0) is 4.79 Å². The Morgan fingerprint density at radius 3 is 2.65 bits per heavy atom. The SMILES string of the molecule is CN1C(=O)N/C(=C/c2ccc([N+](=O)[O-])o2)C1=O. The Bertz CT molecular complexity index is 545. The third-order valence-electron chi connectivity index (χ3n) is 2.16. The Labute approximate surface area is 94.6 Å². The van der Waals surface area contributed by atoms with E-state index in [0.717, 1.165) is 11.0 Å². The maximum absolute atomic E-state index is 11.5. The molecular weight excluding hydrogens is 230 g/mol. The molecule has 0 atom stereocenters. The summed E-state index contributed by atoms with van der Waals surface area (Å²) in [5, 5.41) is 12.7. The maximum atomic E-state index is 11.5. The molecule has 0 bridgehead atoms. The third kappa shape index (κ3) is 1.87. The van der Waals surface area contributed by atoms with Gasteiger partial charge >= 0.3 is 11.9 Å². The van der Waals surface area contributed by atoms with Crippen LogP contribution in [0.25, 0.3) is 6.08 Å². The number of hydrogen-bond acceptors (Lipinski definition) is 5. The predicted molar refractivity (Wildman–Crippen MR) is 54.6 cm³/mol. The van der Waals surface area contributed by atoms with E-state index in [0.29, 0.717) is 0 Å². The van der Waals surface area contributed by atoms with Gasteiger partial charge in [-0.2, -0.15) is 0 Å². The van der Waals surface area contributed by atoms with Gasteiger partial charge in [0.25, 0.3) is 5.91 Å². The quantitative estimate of drug-likeness (QED) is 0.353. The minimum atomic E-state index is -0.691. The predicted octanol–water partition coefficient (Wildman–Crippen LogP) is 0.710. The number of rotatable bonds is 2. The highest BCUT2D eigenvalue weighted by Crippen LogP contribution is 2.19. The molecule has 1 fully saturated rings. The fraction of sp³-hybridized carbons (Fsp3) is 0.111. The van der Waals surface area contributed by atoms with E-state index in [-0.39, 0.29) is 11.5 Å². The van der Waals surface area contributed by atoms with Crippen molar-refractivity contribution in [2.24, 2.45) is 0 Å². The van der Waals surface area contributed by atoms with E-state index in [9.17, 15) is 19.7 Å². The van der Waals surface area contributed by atoms with Crippen LogP contribution >= 0.6 is 0 Å². The second-order valence-corrected chi connectivity index (χ2v) is 3.29. The van der Waals surface area contributed by atoms with E-state index in [1.165, 1.54) is 19.2 Å². The van der Waals surface area contributed by atoms with Gasteiger partial charge in [0.1, 0.15) is 16.4 Å². The van der Waals surface area contributed by atoms with Crippen molar-refractivity contribution in [3.8, 4) is 0 Å². The number of carbonyl (C=O) groups excluding carboxylic acids is 2. The molecule has 0 aliphatic carbocycles. The van der Waals surface area contributed by atoms with E-state index in [1.54, 1.807) is 0 Å². The van der Waals surface area contributed by atoms with Crippen LogP contribution < -0.4 is 5.32 Å². The summed E-state index contributed by atoms with van der Waals surface area (Å²) in [5.41, 5.74) is 0.0155. The molecule has 0 unspecified atom stereocenters. The minimum Gasteiger partial charge on any atom is -0.401 e. The van der Waals surface area contributed by atoms with Crippen molar-refractivity contribution in [3.05, 3.63) is 33.7 Å². The molecule has 3 amide bonds. The largest absolute Gasteiger partial charge is 0.433 e. The van der Waals surface area contributed by atoms with Crippen LogP contribution in [0.5, 0.6) is 0 Å². The second-order valence-electron chi connectivity index (χ2n) is 3.29. The Morgan fingerprint density at radius 1 is 1.47 bits per heavy atom. The number of amides is 3. The van der Waals surface area contributed by atoms with Crippen molar-refractivity contribution in [1.82, 2.24) is 10.2 Å². The Balaban J connectivity index is 2.28. The first-order chi connectivity index (χ1) is 7.99. The monoisotopic (exact) mass is 237 g/mol. The van der Waals surface area contributed by atoms with Crippen LogP contribution in [0.1, 0.15) is 5.76 Å². The number of nitrogens with zero attached hydrogens (tertiary/aromatic N) is 2. The number of hydrogen-bond donors (Lipinski definition) is 1. The van der Waals surface area contributed by atoms with E-state index in [2.05, 4.69) is 5.32 Å². The fourth-order valence-electron chi connectivity index (χ4n) is 1.28. The lowest BCUT2D eigenvalue weighted by Gasteiger charge is -1.99. The standard InChI is InChI=1S/C9H7N3O5/c1-11-8(13)6(10-9(11)14)4-5-2-3-7(17-5)12(15)16/h2-4H,1H3,(H,10,14)/b6-4+. The van der Waals surface area contributed by atoms with Crippen molar-refractivity contribution < 1.29 is 18.9 Å². The van der Waals surface area contributed by atoms with Crippen LogP contribution in [0, 0.1) is 10.1 Å². The number of likely N-dealkylation sites (N-methyl/N-ethyl adjacent to an activating group) is 1. The molecule has 17 heavy (non-hydrogen) atoms. The molecule has 1 aliphatic rings. The molecule has 8 heteroatoms. The van der Waals surface area contributed by atoms with Gasteiger partial charge in [-0.3, -0.25) is 19.8 Å². The molecule has 88 valence electrons. The minimum absolute atomic E-state index is 0.0155. The Morgan fingerprint density at radius 2 is 2.18 bits per heavy atom. The molecule has 0 aromatic carbocycles. The Kier molecular flexibility index (Phi) is 2.39. The van der Waals surface area contributed by atoms with Gasteiger partial charge in [0.05, 0.1) is 6.07 Å². The molecule has 8 nitrogen and oxygen atoms in total. The number of nitro groups is 1. The lowest BCUT2D eigenvalue weighted by atomic mass is 10.3. The zero-order chi connectivity index (χ0) is 12.6. The first kappa shape index (κ1) is 10.9.